The fraction of sp³-hybridized carbons (Fsp3) is 0.342. The zero-order chi connectivity index (χ0) is 55.1. The Morgan fingerprint density at radius 2 is 1.04 bits per heavy atom. The molecular weight excluding hydrogens is 946 g/mol. The monoisotopic (exact) mass is 1020 g/mol. The van der Waals surface area contributed by atoms with Crippen LogP contribution in [0.5, 0.6) is 0 Å². The highest BCUT2D eigenvalue weighted by Crippen LogP contribution is 2.54. The van der Waals surface area contributed by atoms with Crippen LogP contribution in [-0.4, -0.2) is 11.4 Å². The summed E-state index contributed by atoms with van der Waals surface area (Å²) in [7, 11) is 0. The van der Waals surface area contributed by atoms with Crippen molar-refractivity contribution in [2.45, 2.75) is 163 Å². The summed E-state index contributed by atoms with van der Waals surface area (Å²) in [6.45, 7) is 40.0. The molecule has 5 heteroatoms. The molecule has 2 aliphatic heterocycles. The van der Waals surface area contributed by atoms with Gasteiger partial charge < -0.3 is 18.7 Å². The quantitative estimate of drug-likeness (QED) is 0.164. The van der Waals surface area contributed by atoms with E-state index >= 15 is 0 Å². The van der Waals surface area contributed by atoms with Gasteiger partial charge in [-0.2, -0.15) is 0 Å². The summed E-state index contributed by atoms with van der Waals surface area (Å²) in [6.07, 6.45) is 2.31. The second-order valence-electron chi connectivity index (χ2n) is 29.0. The van der Waals surface area contributed by atoms with Crippen molar-refractivity contribution >= 4 is 90.0 Å². The SMILES string of the molecule is Cc1cc2c(cc1N1B3c4c(cc5c(oc6ccccc65)c4-n4c5ccc(C(C)(C)C)cc5c5cc(C(C)(C)C)cc3c54)-c3cc(N(c4ccc(C(C)(C)C)cc4)c4ccc(C(C)(C)C)cc4)ccc31)C(C)(C)CCC2(C)C. The van der Waals surface area contributed by atoms with Gasteiger partial charge in [0.25, 0.3) is 0 Å². The largest absolute Gasteiger partial charge is 0.454 e. The molecule has 0 atom stereocenters. The maximum absolute atomic E-state index is 7.32. The van der Waals surface area contributed by atoms with Crippen molar-refractivity contribution in [3.05, 3.63) is 178 Å². The number of para-hydroxylation sites is 1. The van der Waals surface area contributed by atoms with Gasteiger partial charge in [0, 0.05) is 55.5 Å². The van der Waals surface area contributed by atoms with Crippen molar-refractivity contribution in [1.29, 1.82) is 0 Å². The maximum atomic E-state index is 7.32. The first-order valence-corrected chi connectivity index (χ1v) is 28.8. The third kappa shape index (κ3) is 7.60. The molecule has 0 bridgehead atoms. The third-order valence-corrected chi connectivity index (χ3v) is 18.6. The lowest BCUT2D eigenvalue weighted by molar-refractivity contribution is 0.332. The number of rotatable bonds is 4. The summed E-state index contributed by atoms with van der Waals surface area (Å²) in [4.78, 5) is 5.25. The molecule has 0 N–H and O–H groups in total. The first-order chi connectivity index (χ1) is 36.6. The number of hydrogen-bond donors (Lipinski definition) is 0. The Bertz CT molecular complexity index is 4080. The Labute approximate surface area is 464 Å². The smallest absolute Gasteiger partial charge is 0.333 e. The van der Waals surface area contributed by atoms with Crippen LogP contribution in [0.2, 0.25) is 0 Å². The molecular formula is C73H78BN3O. The predicted molar refractivity (Wildman–Crippen MR) is 337 cm³/mol. The zero-order valence-electron chi connectivity index (χ0n) is 49.5. The van der Waals surface area contributed by atoms with Crippen molar-refractivity contribution in [3.8, 4) is 16.8 Å². The third-order valence-electron chi connectivity index (χ3n) is 18.6. The van der Waals surface area contributed by atoms with Crippen LogP contribution in [0.3, 0.4) is 0 Å². The van der Waals surface area contributed by atoms with E-state index in [1.165, 1.54) is 101 Å². The average molecular weight is 1020 g/mol. The molecule has 2 aromatic heterocycles. The van der Waals surface area contributed by atoms with Crippen LogP contribution in [0.25, 0.3) is 60.6 Å². The highest BCUT2D eigenvalue weighted by atomic mass is 16.3. The van der Waals surface area contributed by atoms with E-state index in [9.17, 15) is 0 Å². The van der Waals surface area contributed by atoms with Gasteiger partial charge in [0.1, 0.15) is 5.58 Å². The number of hydrogen-bond acceptors (Lipinski definition) is 3. The first kappa shape index (κ1) is 50.5. The average Bonchev–Trinajstić information content (AvgIpc) is 2.36. The number of benzene rings is 8. The van der Waals surface area contributed by atoms with Crippen molar-refractivity contribution in [1.82, 2.24) is 4.57 Å². The molecule has 4 nitrogen and oxygen atoms in total. The van der Waals surface area contributed by atoms with Crippen molar-refractivity contribution in [2.75, 3.05) is 9.71 Å². The van der Waals surface area contributed by atoms with E-state index in [2.05, 4.69) is 272 Å². The second-order valence-corrected chi connectivity index (χ2v) is 29.0. The Morgan fingerprint density at radius 3 is 1.64 bits per heavy atom. The van der Waals surface area contributed by atoms with Gasteiger partial charge in [0.15, 0.2) is 5.58 Å². The lowest BCUT2D eigenvalue weighted by Gasteiger charge is -2.46. The Morgan fingerprint density at radius 1 is 0.487 bits per heavy atom. The molecule has 0 amide bonds. The molecule has 10 aromatic rings. The number of anilines is 5. The normalized spacial score (nSPS) is 15.8. The van der Waals surface area contributed by atoms with E-state index in [-0.39, 0.29) is 39.3 Å². The lowest BCUT2D eigenvalue weighted by atomic mass is 9.43. The number of nitrogens with zero attached hydrogens (tertiary/aromatic N) is 3. The zero-order valence-corrected chi connectivity index (χ0v) is 49.5. The molecule has 78 heavy (non-hydrogen) atoms. The van der Waals surface area contributed by atoms with E-state index in [0.717, 1.165) is 51.1 Å². The van der Waals surface area contributed by atoms with Gasteiger partial charge in [-0.1, -0.05) is 171 Å². The molecule has 4 heterocycles. The van der Waals surface area contributed by atoms with Crippen LogP contribution in [0.15, 0.2) is 144 Å². The van der Waals surface area contributed by atoms with Crippen LogP contribution in [0, 0.1) is 6.92 Å². The van der Waals surface area contributed by atoms with Gasteiger partial charge >= 0.3 is 6.85 Å². The van der Waals surface area contributed by atoms with Crippen molar-refractivity contribution in [2.24, 2.45) is 0 Å². The van der Waals surface area contributed by atoms with Crippen LogP contribution >= 0.6 is 0 Å². The number of fused-ring (bicyclic) bond motifs is 12. The van der Waals surface area contributed by atoms with E-state index in [4.69, 9.17) is 4.42 Å². The molecule has 394 valence electrons. The fourth-order valence-electron chi connectivity index (χ4n) is 13.7. The highest BCUT2D eigenvalue weighted by molar-refractivity contribution is 6.94. The van der Waals surface area contributed by atoms with Crippen LogP contribution in [0.1, 0.15) is 163 Å². The van der Waals surface area contributed by atoms with E-state index in [1.54, 1.807) is 0 Å². The summed E-state index contributed by atoms with van der Waals surface area (Å²) >= 11 is 0. The van der Waals surface area contributed by atoms with Gasteiger partial charge in [-0.05, 0) is 187 Å². The van der Waals surface area contributed by atoms with Gasteiger partial charge in [-0.15, -0.1) is 0 Å². The Balaban J connectivity index is 1.19. The van der Waals surface area contributed by atoms with E-state index in [0.29, 0.717) is 0 Å². The molecule has 0 spiro atoms. The minimum Gasteiger partial charge on any atom is -0.454 e. The Hall–Kier alpha value is -6.98. The summed E-state index contributed by atoms with van der Waals surface area (Å²) < 4.78 is 9.94. The summed E-state index contributed by atoms with van der Waals surface area (Å²) in [5.74, 6) is 0. The second kappa shape index (κ2) is 16.5. The molecule has 0 saturated carbocycles. The molecule has 0 fully saturated rings. The van der Waals surface area contributed by atoms with Crippen LogP contribution in [-0.2, 0) is 32.5 Å². The van der Waals surface area contributed by atoms with E-state index < -0.39 is 0 Å². The summed E-state index contributed by atoms with van der Waals surface area (Å²) in [5.41, 5.74) is 25.9. The topological polar surface area (TPSA) is 24.6 Å². The standard InChI is InChI=1S/C73H78BN3O/c1-43-36-57-58(73(16,17)35-34-72(57,14)15)42-62(43)77-61-33-31-50(75(48-27-22-44(23-28-48)68(2,3)4)49-29-24-45(25-30-49)69(5,6)7)40-53(61)54-41-56-51-20-18-19-21-63(51)78-67(56)66-64(54)74(77)59-39-47(71(11,12)13)38-55-52-37-46(70(8,9)10)26-32-60(52)76(66)65(55)59/h18-33,36-42H,34-35H2,1-17H3. The molecule has 8 aromatic carbocycles. The molecule has 3 aliphatic rings. The minimum atomic E-state index is -0.183. The molecule has 0 radical (unpaired) electrons. The molecule has 0 saturated heterocycles. The van der Waals surface area contributed by atoms with Gasteiger partial charge in [0.05, 0.1) is 16.7 Å². The van der Waals surface area contributed by atoms with Crippen molar-refractivity contribution in [3.63, 3.8) is 0 Å². The number of aromatic nitrogens is 1. The molecule has 0 unspecified atom stereocenters. The summed E-state index contributed by atoms with van der Waals surface area (Å²) in [6, 6.07) is 54.7. The maximum Gasteiger partial charge on any atom is 0.333 e. The van der Waals surface area contributed by atoms with Gasteiger partial charge in [-0.3, -0.25) is 0 Å². The fourth-order valence-corrected chi connectivity index (χ4v) is 13.7. The predicted octanol–water partition coefficient (Wildman–Crippen LogP) is 19.2. The summed E-state index contributed by atoms with van der Waals surface area (Å²) in [5, 5.41) is 4.86. The van der Waals surface area contributed by atoms with Gasteiger partial charge in [0.2, 0.25) is 0 Å². The molecule has 13 rings (SSSR count). The van der Waals surface area contributed by atoms with Crippen LogP contribution < -0.4 is 20.6 Å². The van der Waals surface area contributed by atoms with Crippen molar-refractivity contribution < 1.29 is 4.42 Å². The van der Waals surface area contributed by atoms with E-state index in [1.807, 2.05) is 0 Å². The minimum absolute atomic E-state index is 0.00797. The lowest BCUT2D eigenvalue weighted by Crippen LogP contribution is -2.61. The van der Waals surface area contributed by atoms with Crippen LogP contribution in [0.4, 0.5) is 28.4 Å². The molecule has 1 aliphatic carbocycles. The highest BCUT2D eigenvalue weighted by Gasteiger charge is 2.48. The Kier molecular flexibility index (Phi) is 10.7. The number of aryl methyl sites for hydroxylation is 1. The number of furan rings is 1. The first-order valence-electron chi connectivity index (χ1n) is 28.8. The van der Waals surface area contributed by atoms with Gasteiger partial charge in [-0.25, -0.2) is 0 Å².